The third-order valence-electron chi connectivity index (χ3n) is 4.18. The lowest BCUT2D eigenvalue weighted by atomic mass is 10.2. The van der Waals surface area contributed by atoms with Crippen molar-refractivity contribution < 1.29 is 9.72 Å². The van der Waals surface area contributed by atoms with Crippen LogP contribution in [-0.4, -0.2) is 35.9 Å². The van der Waals surface area contributed by atoms with E-state index in [1.54, 1.807) is 18.3 Å². The molecule has 1 heterocycles. The molecule has 2 aromatic carbocycles. The number of carbonyl (C=O) groups excluding carboxylic acids is 1. The summed E-state index contributed by atoms with van der Waals surface area (Å²) in [6.45, 7) is 2.21. The maximum Gasteiger partial charge on any atom is 0.269 e. The predicted octanol–water partition coefficient (Wildman–Crippen LogP) is 3.44. The number of thioether (sulfide) groups is 1. The van der Waals surface area contributed by atoms with Gasteiger partial charge in [0.25, 0.3) is 5.69 Å². The summed E-state index contributed by atoms with van der Waals surface area (Å²) >= 11 is 1.30. The molecule has 27 heavy (non-hydrogen) atoms. The van der Waals surface area contributed by atoms with Crippen LogP contribution < -0.4 is 10.3 Å². The zero-order valence-corrected chi connectivity index (χ0v) is 15.5. The molecule has 8 heteroatoms. The van der Waals surface area contributed by atoms with Crippen LogP contribution in [0.2, 0.25) is 0 Å². The number of nitro groups is 1. The average molecular weight is 384 g/mol. The summed E-state index contributed by atoms with van der Waals surface area (Å²) in [7, 11) is 0. The van der Waals surface area contributed by atoms with Gasteiger partial charge in [-0.3, -0.25) is 14.9 Å². The second kappa shape index (κ2) is 9.18. The Bertz CT molecular complexity index is 816. The summed E-state index contributed by atoms with van der Waals surface area (Å²) < 4.78 is 0. The van der Waals surface area contributed by atoms with Gasteiger partial charge >= 0.3 is 0 Å². The Morgan fingerprint density at radius 3 is 2.44 bits per heavy atom. The highest BCUT2D eigenvalue weighted by Crippen LogP contribution is 2.21. The number of carbonyl (C=O) groups is 1. The van der Waals surface area contributed by atoms with Crippen molar-refractivity contribution in [1.29, 1.82) is 0 Å². The second-order valence-electron chi connectivity index (χ2n) is 6.12. The number of nitro benzene ring substituents is 1. The molecule has 1 fully saturated rings. The molecule has 0 spiro atoms. The molecular weight excluding hydrogens is 364 g/mol. The van der Waals surface area contributed by atoms with Gasteiger partial charge in [-0.15, -0.1) is 11.8 Å². The lowest BCUT2D eigenvalue weighted by Crippen LogP contribution is -2.19. The predicted molar refractivity (Wildman–Crippen MR) is 107 cm³/mol. The minimum absolute atomic E-state index is 0.0316. The molecule has 0 saturated carbocycles. The number of anilines is 1. The van der Waals surface area contributed by atoms with Crippen molar-refractivity contribution in [3.05, 3.63) is 64.2 Å². The molecule has 1 saturated heterocycles. The molecule has 0 radical (unpaired) electrons. The minimum atomic E-state index is -0.451. The molecule has 3 rings (SSSR count). The van der Waals surface area contributed by atoms with Crippen molar-refractivity contribution >= 4 is 35.3 Å². The number of nitrogens with zero attached hydrogens (tertiary/aromatic N) is 3. The highest BCUT2D eigenvalue weighted by molar-refractivity contribution is 8.00. The molecule has 0 aliphatic carbocycles. The quantitative estimate of drug-likeness (QED) is 0.342. The fourth-order valence-corrected chi connectivity index (χ4v) is 3.46. The molecular formula is C19H20N4O3S. The first-order chi connectivity index (χ1) is 13.1. The normalized spacial score (nSPS) is 13.9. The molecule has 140 valence electrons. The summed E-state index contributed by atoms with van der Waals surface area (Å²) in [6, 6.07) is 14.2. The topological polar surface area (TPSA) is 87.8 Å². The van der Waals surface area contributed by atoms with Gasteiger partial charge in [-0.2, -0.15) is 5.10 Å². The molecule has 1 amide bonds. The van der Waals surface area contributed by atoms with Crippen LogP contribution in [0.25, 0.3) is 0 Å². The van der Waals surface area contributed by atoms with Crippen LogP contribution in [0.5, 0.6) is 0 Å². The van der Waals surface area contributed by atoms with Gasteiger partial charge in [-0.05, 0) is 42.7 Å². The zero-order chi connectivity index (χ0) is 19.1. The van der Waals surface area contributed by atoms with E-state index >= 15 is 0 Å². The number of hydrogen-bond acceptors (Lipinski definition) is 6. The van der Waals surface area contributed by atoms with E-state index in [0.717, 1.165) is 23.5 Å². The van der Waals surface area contributed by atoms with Crippen molar-refractivity contribution in [1.82, 2.24) is 5.43 Å². The van der Waals surface area contributed by atoms with Crippen LogP contribution in [0, 0.1) is 10.1 Å². The van der Waals surface area contributed by atoms with Gasteiger partial charge in [0.1, 0.15) is 0 Å². The second-order valence-corrected chi connectivity index (χ2v) is 7.17. The van der Waals surface area contributed by atoms with E-state index < -0.39 is 4.92 Å². The van der Waals surface area contributed by atoms with Gasteiger partial charge in [0.15, 0.2) is 0 Å². The van der Waals surface area contributed by atoms with Gasteiger partial charge in [0.2, 0.25) is 5.91 Å². The van der Waals surface area contributed by atoms with Crippen LogP contribution in [0.1, 0.15) is 18.4 Å². The van der Waals surface area contributed by atoms with Gasteiger partial charge in [-0.25, -0.2) is 5.43 Å². The fourth-order valence-electron chi connectivity index (χ4n) is 2.77. The maximum atomic E-state index is 11.8. The van der Waals surface area contributed by atoms with Crippen LogP contribution in [0.3, 0.4) is 0 Å². The number of non-ortho nitro benzene ring substituents is 1. The Hall–Kier alpha value is -2.87. The third kappa shape index (κ3) is 5.55. The lowest BCUT2D eigenvalue weighted by Gasteiger charge is -2.17. The van der Waals surface area contributed by atoms with Crippen molar-refractivity contribution in [2.75, 3.05) is 23.7 Å². The van der Waals surface area contributed by atoms with E-state index in [1.807, 2.05) is 12.1 Å². The van der Waals surface area contributed by atoms with E-state index in [0.29, 0.717) is 0 Å². The maximum absolute atomic E-state index is 11.8. The van der Waals surface area contributed by atoms with Crippen LogP contribution in [0.4, 0.5) is 11.4 Å². The van der Waals surface area contributed by atoms with Crippen molar-refractivity contribution in [3.63, 3.8) is 0 Å². The standard InChI is InChI=1S/C19H20N4O3S/c24-19(14-27-18-9-7-17(8-10-18)23(25)26)21-20-13-15-3-5-16(6-4-15)22-11-1-2-12-22/h3-10,13H,1-2,11-12,14H2,(H,21,24)/b20-13-. The van der Waals surface area contributed by atoms with Gasteiger partial charge in [0, 0.05) is 35.8 Å². The summed E-state index contributed by atoms with van der Waals surface area (Å²) in [4.78, 5) is 25.2. The Labute approximate surface area is 161 Å². The van der Waals surface area contributed by atoms with Crippen molar-refractivity contribution in [3.8, 4) is 0 Å². The lowest BCUT2D eigenvalue weighted by molar-refractivity contribution is -0.384. The first kappa shape index (κ1) is 18.9. The molecule has 0 aromatic heterocycles. The summed E-state index contributed by atoms with van der Waals surface area (Å²) in [5.41, 5.74) is 4.66. The summed E-state index contributed by atoms with van der Waals surface area (Å²) in [5.74, 6) is -0.0495. The minimum Gasteiger partial charge on any atom is -0.372 e. The molecule has 1 aliphatic heterocycles. The highest BCUT2D eigenvalue weighted by atomic mass is 32.2. The molecule has 0 atom stereocenters. The fraction of sp³-hybridized carbons (Fsp3) is 0.263. The first-order valence-electron chi connectivity index (χ1n) is 8.66. The number of hydrogen-bond donors (Lipinski definition) is 1. The largest absolute Gasteiger partial charge is 0.372 e. The number of rotatable bonds is 7. The molecule has 1 aliphatic rings. The van der Waals surface area contributed by atoms with Crippen molar-refractivity contribution in [2.24, 2.45) is 5.10 Å². The smallest absolute Gasteiger partial charge is 0.269 e. The molecule has 1 N–H and O–H groups in total. The molecule has 2 aromatic rings. The van der Waals surface area contributed by atoms with Crippen LogP contribution in [0.15, 0.2) is 58.5 Å². The van der Waals surface area contributed by atoms with Gasteiger partial charge < -0.3 is 4.90 Å². The van der Waals surface area contributed by atoms with E-state index in [2.05, 4.69) is 27.6 Å². The van der Waals surface area contributed by atoms with Gasteiger partial charge in [0.05, 0.1) is 16.9 Å². The van der Waals surface area contributed by atoms with E-state index in [-0.39, 0.29) is 17.3 Å². The molecule has 0 unspecified atom stereocenters. The highest BCUT2D eigenvalue weighted by Gasteiger charge is 2.11. The first-order valence-corrected chi connectivity index (χ1v) is 9.64. The van der Waals surface area contributed by atoms with Crippen LogP contribution in [-0.2, 0) is 4.79 Å². The monoisotopic (exact) mass is 384 g/mol. The number of benzene rings is 2. The zero-order valence-electron chi connectivity index (χ0n) is 14.7. The number of hydrazone groups is 1. The number of nitrogens with one attached hydrogen (secondary N) is 1. The van der Waals surface area contributed by atoms with Crippen molar-refractivity contribution in [2.45, 2.75) is 17.7 Å². The summed E-state index contributed by atoms with van der Waals surface area (Å²) in [5, 5.41) is 14.6. The van der Waals surface area contributed by atoms with E-state index in [4.69, 9.17) is 0 Å². The Morgan fingerprint density at radius 1 is 1.15 bits per heavy atom. The van der Waals surface area contributed by atoms with E-state index in [1.165, 1.54) is 42.4 Å². The number of amides is 1. The Balaban J connectivity index is 1.43. The SMILES string of the molecule is O=C(CSc1ccc([N+](=O)[O-])cc1)N/N=C\c1ccc(N2CCCC2)cc1. The Kier molecular flexibility index (Phi) is 6.43. The molecule has 0 bridgehead atoms. The van der Waals surface area contributed by atoms with Crippen LogP contribution >= 0.6 is 11.8 Å². The average Bonchev–Trinajstić information content (AvgIpc) is 3.22. The third-order valence-corrected chi connectivity index (χ3v) is 5.20. The molecule has 7 nitrogen and oxygen atoms in total. The van der Waals surface area contributed by atoms with Gasteiger partial charge in [-0.1, -0.05) is 12.1 Å². The Morgan fingerprint density at radius 2 is 1.81 bits per heavy atom. The summed E-state index contributed by atoms with van der Waals surface area (Å²) in [6.07, 6.45) is 4.10. The van der Waals surface area contributed by atoms with E-state index in [9.17, 15) is 14.9 Å².